The second kappa shape index (κ2) is 8.07. The highest BCUT2D eigenvalue weighted by Gasteiger charge is 2.46. The maximum atomic E-state index is 14.1. The molecule has 0 radical (unpaired) electrons. The van der Waals surface area contributed by atoms with Crippen LogP contribution in [-0.2, 0) is 14.9 Å². The molecule has 152 valence electrons. The van der Waals surface area contributed by atoms with Gasteiger partial charge in [-0.1, -0.05) is 18.2 Å². The van der Waals surface area contributed by atoms with Gasteiger partial charge < -0.3 is 19.9 Å². The standard InChI is InChI=1S/C21H28FN3O3/c22-18-4-2-1-3-17(18)21(7-8-21)15-23-20(27)25-9-5-16(6-10-25)19(26)24-11-13-28-14-12-24/h1-4,16H,5-15H2,(H,23,27). The molecule has 3 aliphatic rings. The zero-order chi connectivity index (χ0) is 19.6. The van der Waals surface area contributed by atoms with E-state index in [1.165, 1.54) is 6.07 Å². The Balaban J connectivity index is 1.25. The van der Waals surface area contributed by atoms with Gasteiger partial charge in [-0.3, -0.25) is 4.79 Å². The Kier molecular flexibility index (Phi) is 5.53. The minimum absolute atomic E-state index is 0.00432. The van der Waals surface area contributed by atoms with Gasteiger partial charge in [0.05, 0.1) is 13.2 Å². The lowest BCUT2D eigenvalue weighted by Gasteiger charge is -2.35. The van der Waals surface area contributed by atoms with Crippen molar-refractivity contribution in [1.29, 1.82) is 0 Å². The van der Waals surface area contributed by atoms with E-state index in [9.17, 15) is 14.0 Å². The van der Waals surface area contributed by atoms with E-state index in [0.29, 0.717) is 64.3 Å². The predicted octanol–water partition coefficient (Wildman–Crippen LogP) is 2.14. The maximum Gasteiger partial charge on any atom is 0.317 e. The quantitative estimate of drug-likeness (QED) is 0.858. The Bertz CT molecular complexity index is 723. The van der Waals surface area contributed by atoms with Gasteiger partial charge in [-0.15, -0.1) is 0 Å². The Morgan fingerprint density at radius 2 is 1.75 bits per heavy atom. The van der Waals surface area contributed by atoms with Crippen molar-refractivity contribution in [3.8, 4) is 0 Å². The fourth-order valence-electron chi connectivity index (χ4n) is 4.31. The van der Waals surface area contributed by atoms with Crippen LogP contribution in [0.15, 0.2) is 24.3 Å². The smallest absolute Gasteiger partial charge is 0.317 e. The van der Waals surface area contributed by atoms with Gasteiger partial charge in [0.1, 0.15) is 5.82 Å². The molecule has 0 atom stereocenters. The monoisotopic (exact) mass is 389 g/mol. The minimum Gasteiger partial charge on any atom is -0.378 e. The van der Waals surface area contributed by atoms with Crippen LogP contribution < -0.4 is 5.32 Å². The maximum absolute atomic E-state index is 14.1. The summed E-state index contributed by atoms with van der Waals surface area (Å²) in [5.41, 5.74) is 0.441. The third kappa shape index (κ3) is 3.99. The van der Waals surface area contributed by atoms with Gasteiger partial charge in [0.15, 0.2) is 0 Å². The summed E-state index contributed by atoms with van der Waals surface area (Å²) in [5, 5.41) is 3.00. The van der Waals surface area contributed by atoms with Crippen molar-refractivity contribution >= 4 is 11.9 Å². The van der Waals surface area contributed by atoms with Gasteiger partial charge in [-0.05, 0) is 37.3 Å². The molecule has 28 heavy (non-hydrogen) atoms. The number of ether oxygens (including phenoxy) is 1. The van der Waals surface area contributed by atoms with Gasteiger partial charge in [-0.25, -0.2) is 9.18 Å². The molecule has 2 heterocycles. The topological polar surface area (TPSA) is 61.9 Å². The van der Waals surface area contributed by atoms with E-state index in [1.807, 2.05) is 17.0 Å². The van der Waals surface area contributed by atoms with Crippen molar-refractivity contribution in [2.45, 2.75) is 31.1 Å². The van der Waals surface area contributed by atoms with Crippen LogP contribution >= 0.6 is 0 Å². The highest BCUT2D eigenvalue weighted by atomic mass is 19.1. The molecule has 1 saturated carbocycles. The highest BCUT2D eigenvalue weighted by molar-refractivity contribution is 5.80. The van der Waals surface area contributed by atoms with Crippen molar-refractivity contribution in [2.75, 3.05) is 45.9 Å². The Hall–Kier alpha value is -2.15. The van der Waals surface area contributed by atoms with Crippen LogP contribution in [-0.4, -0.2) is 67.7 Å². The van der Waals surface area contributed by atoms with E-state index in [-0.39, 0.29) is 29.1 Å². The zero-order valence-electron chi connectivity index (χ0n) is 16.2. The molecule has 1 aromatic carbocycles. The van der Waals surface area contributed by atoms with Crippen LogP contribution in [0.5, 0.6) is 0 Å². The summed E-state index contributed by atoms with van der Waals surface area (Å²) in [6, 6.07) is 6.72. The summed E-state index contributed by atoms with van der Waals surface area (Å²) in [6.45, 7) is 4.17. The molecule has 0 aromatic heterocycles. The van der Waals surface area contributed by atoms with Crippen LogP contribution in [0, 0.1) is 11.7 Å². The number of carbonyl (C=O) groups excluding carboxylic acids is 2. The number of nitrogens with zero attached hydrogens (tertiary/aromatic N) is 2. The van der Waals surface area contributed by atoms with Gasteiger partial charge in [0.2, 0.25) is 5.91 Å². The number of nitrogens with one attached hydrogen (secondary N) is 1. The van der Waals surface area contributed by atoms with Crippen LogP contribution in [0.1, 0.15) is 31.2 Å². The number of amides is 3. The van der Waals surface area contributed by atoms with Gasteiger partial charge >= 0.3 is 6.03 Å². The predicted molar refractivity (Wildman–Crippen MR) is 102 cm³/mol. The number of urea groups is 1. The lowest BCUT2D eigenvalue weighted by Crippen LogP contribution is -2.50. The molecule has 1 N–H and O–H groups in total. The molecule has 6 nitrogen and oxygen atoms in total. The lowest BCUT2D eigenvalue weighted by molar-refractivity contribution is -0.141. The number of carbonyl (C=O) groups is 2. The van der Waals surface area contributed by atoms with E-state index >= 15 is 0 Å². The molecule has 3 amide bonds. The third-order valence-electron chi connectivity index (χ3n) is 6.33. The summed E-state index contributed by atoms with van der Waals surface area (Å²) in [4.78, 5) is 28.8. The number of halogens is 1. The van der Waals surface area contributed by atoms with Crippen molar-refractivity contribution in [3.63, 3.8) is 0 Å². The van der Waals surface area contributed by atoms with Gasteiger partial charge in [0, 0.05) is 44.1 Å². The number of morpholine rings is 1. The van der Waals surface area contributed by atoms with Crippen LogP contribution in [0.2, 0.25) is 0 Å². The minimum atomic E-state index is -0.258. The first-order valence-electron chi connectivity index (χ1n) is 10.2. The first-order valence-corrected chi connectivity index (χ1v) is 10.2. The van der Waals surface area contributed by atoms with Gasteiger partial charge in [-0.2, -0.15) is 0 Å². The fraction of sp³-hybridized carbons (Fsp3) is 0.619. The second-order valence-electron chi connectivity index (χ2n) is 8.12. The van der Waals surface area contributed by atoms with Crippen molar-refractivity contribution in [2.24, 2.45) is 5.92 Å². The first-order chi connectivity index (χ1) is 13.6. The lowest BCUT2D eigenvalue weighted by atomic mass is 9.94. The molecule has 4 rings (SSSR count). The molecule has 7 heteroatoms. The first kappa shape index (κ1) is 19.2. The summed E-state index contributed by atoms with van der Waals surface area (Å²) in [6.07, 6.45) is 3.18. The average Bonchev–Trinajstić information content (AvgIpc) is 3.53. The van der Waals surface area contributed by atoms with E-state index < -0.39 is 0 Å². The summed E-state index contributed by atoms with van der Waals surface area (Å²) in [7, 11) is 0. The molecule has 1 aromatic rings. The van der Waals surface area contributed by atoms with E-state index in [2.05, 4.69) is 5.32 Å². The number of hydrogen-bond donors (Lipinski definition) is 1. The number of hydrogen-bond acceptors (Lipinski definition) is 3. The third-order valence-corrected chi connectivity index (χ3v) is 6.33. The Labute approximate surface area is 165 Å². The molecular formula is C21H28FN3O3. The zero-order valence-corrected chi connectivity index (χ0v) is 16.2. The molecule has 0 unspecified atom stereocenters. The molecule has 1 aliphatic carbocycles. The Morgan fingerprint density at radius 3 is 2.39 bits per heavy atom. The Morgan fingerprint density at radius 1 is 1.07 bits per heavy atom. The molecule has 2 aliphatic heterocycles. The summed E-state index contributed by atoms with van der Waals surface area (Å²) in [5.74, 6) is -0.00753. The fourth-order valence-corrected chi connectivity index (χ4v) is 4.31. The average molecular weight is 389 g/mol. The van der Waals surface area contributed by atoms with Crippen molar-refractivity contribution in [3.05, 3.63) is 35.6 Å². The van der Waals surface area contributed by atoms with Crippen LogP contribution in [0.4, 0.5) is 9.18 Å². The van der Waals surface area contributed by atoms with E-state index in [1.54, 1.807) is 11.0 Å². The van der Waals surface area contributed by atoms with Crippen LogP contribution in [0.3, 0.4) is 0 Å². The molecule has 2 saturated heterocycles. The number of likely N-dealkylation sites (tertiary alicyclic amines) is 1. The second-order valence-corrected chi connectivity index (χ2v) is 8.12. The van der Waals surface area contributed by atoms with Crippen LogP contribution in [0.25, 0.3) is 0 Å². The number of piperidine rings is 1. The van der Waals surface area contributed by atoms with Gasteiger partial charge in [0.25, 0.3) is 0 Å². The normalized spacial score (nSPS) is 22.0. The number of benzene rings is 1. The van der Waals surface area contributed by atoms with Crippen molar-refractivity contribution < 1.29 is 18.7 Å². The van der Waals surface area contributed by atoms with Crippen molar-refractivity contribution in [1.82, 2.24) is 15.1 Å². The highest BCUT2D eigenvalue weighted by Crippen LogP contribution is 2.48. The summed E-state index contributed by atoms with van der Waals surface area (Å²) < 4.78 is 19.4. The van der Waals surface area contributed by atoms with E-state index in [0.717, 1.165) is 12.8 Å². The SMILES string of the molecule is O=C(NCC1(c2ccccc2F)CC1)N1CCC(C(=O)N2CCOCC2)CC1. The van der Waals surface area contributed by atoms with E-state index in [4.69, 9.17) is 4.74 Å². The molecule has 3 fully saturated rings. The molecular weight excluding hydrogens is 361 g/mol. The summed E-state index contributed by atoms with van der Waals surface area (Å²) >= 11 is 0. The number of rotatable bonds is 4. The molecule has 0 bridgehead atoms. The molecule has 0 spiro atoms. The largest absolute Gasteiger partial charge is 0.378 e.